The van der Waals surface area contributed by atoms with Crippen LogP contribution in [-0.4, -0.2) is 52.0 Å². The first kappa shape index (κ1) is 20.2. The van der Waals surface area contributed by atoms with E-state index in [-0.39, 0.29) is 30.9 Å². The minimum Gasteiger partial charge on any atom is -0.493 e. The van der Waals surface area contributed by atoms with E-state index in [1.807, 2.05) is 18.2 Å². The van der Waals surface area contributed by atoms with Gasteiger partial charge in [0.2, 0.25) is 0 Å². The zero-order valence-electron chi connectivity index (χ0n) is 12.3. The summed E-state index contributed by atoms with van der Waals surface area (Å²) < 4.78 is 23.9. The maximum absolute atomic E-state index is 13.4. The molecule has 1 saturated heterocycles. The Morgan fingerprint density at radius 1 is 1.14 bits per heavy atom. The number of benzene rings is 1. The first-order valence-electron chi connectivity index (χ1n) is 6.52. The Kier molecular flexibility index (Phi) is 9.70. The van der Waals surface area contributed by atoms with Crippen molar-refractivity contribution in [3.05, 3.63) is 23.8 Å². The van der Waals surface area contributed by atoms with E-state index in [2.05, 4.69) is 10.2 Å². The highest BCUT2D eigenvalue weighted by Gasteiger charge is 2.23. The Hall–Kier alpha value is -0.750. The lowest BCUT2D eigenvalue weighted by Crippen LogP contribution is -2.45. The second-order valence-electron chi connectivity index (χ2n) is 4.57. The molecule has 21 heavy (non-hydrogen) atoms. The number of ether oxygens (including phenoxy) is 2. The van der Waals surface area contributed by atoms with Crippen molar-refractivity contribution >= 4 is 24.8 Å². The van der Waals surface area contributed by atoms with E-state index in [0.29, 0.717) is 11.5 Å². The van der Waals surface area contributed by atoms with Crippen LogP contribution in [-0.2, 0) is 0 Å². The number of halogens is 3. The molecule has 0 saturated carbocycles. The van der Waals surface area contributed by atoms with Gasteiger partial charge in [0, 0.05) is 26.2 Å². The van der Waals surface area contributed by atoms with Crippen molar-refractivity contribution in [2.45, 2.75) is 6.04 Å². The third kappa shape index (κ3) is 4.88. The van der Waals surface area contributed by atoms with Crippen LogP contribution in [0.5, 0.6) is 11.5 Å². The van der Waals surface area contributed by atoms with Gasteiger partial charge in [-0.3, -0.25) is 4.90 Å². The van der Waals surface area contributed by atoms with Crippen LogP contribution in [0.15, 0.2) is 18.2 Å². The van der Waals surface area contributed by atoms with E-state index in [9.17, 15) is 4.39 Å². The highest BCUT2D eigenvalue weighted by atomic mass is 35.5. The van der Waals surface area contributed by atoms with Crippen LogP contribution < -0.4 is 14.8 Å². The highest BCUT2D eigenvalue weighted by molar-refractivity contribution is 5.85. The summed E-state index contributed by atoms with van der Waals surface area (Å²) in [5, 5.41) is 3.28. The zero-order valence-corrected chi connectivity index (χ0v) is 13.9. The third-order valence-corrected chi connectivity index (χ3v) is 3.53. The molecule has 1 aromatic rings. The fourth-order valence-electron chi connectivity index (χ4n) is 2.45. The molecule has 4 nitrogen and oxygen atoms in total. The predicted octanol–water partition coefficient (Wildman–Crippen LogP) is 2.46. The first-order chi connectivity index (χ1) is 9.30. The molecule has 1 aliphatic rings. The standard InChI is InChI=1S/C14H21FN2O2.2ClH/c1-18-13-4-3-11(9-14(13)19-2)12(10-15)17-7-5-16-6-8-17;;/h3-4,9,12,16H,5-8,10H2,1-2H3;2*1H/t12-;;/m0../s1. The van der Waals surface area contributed by atoms with Crippen molar-refractivity contribution in [3.8, 4) is 11.5 Å². The summed E-state index contributed by atoms with van der Waals surface area (Å²) in [6, 6.07) is 5.40. The molecule has 1 heterocycles. The summed E-state index contributed by atoms with van der Waals surface area (Å²) >= 11 is 0. The lowest BCUT2D eigenvalue weighted by Gasteiger charge is -2.33. The molecule has 0 bridgehead atoms. The lowest BCUT2D eigenvalue weighted by atomic mass is 10.0. The second-order valence-corrected chi connectivity index (χ2v) is 4.57. The van der Waals surface area contributed by atoms with Crippen molar-refractivity contribution in [3.63, 3.8) is 0 Å². The first-order valence-corrected chi connectivity index (χ1v) is 6.52. The molecule has 0 amide bonds. The van der Waals surface area contributed by atoms with Crippen LogP contribution in [0.1, 0.15) is 11.6 Å². The van der Waals surface area contributed by atoms with Gasteiger partial charge in [0.05, 0.1) is 20.3 Å². The normalized spacial score (nSPS) is 16.3. The summed E-state index contributed by atoms with van der Waals surface area (Å²) in [7, 11) is 3.19. The number of piperazine rings is 1. The van der Waals surface area contributed by atoms with Crippen LogP contribution in [0.25, 0.3) is 0 Å². The van der Waals surface area contributed by atoms with E-state index in [1.165, 1.54) is 0 Å². The number of nitrogens with one attached hydrogen (secondary N) is 1. The summed E-state index contributed by atoms with van der Waals surface area (Å²) in [6.07, 6.45) is 0. The Balaban J connectivity index is 0.00000200. The molecule has 1 aliphatic heterocycles. The van der Waals surface area contributed by atoms with Gasteiger partial charge in [-0.25, -0.2) is 4.39 Å². The van der Waals surface area contributed by atoms with Gasteiger partial charge in [0.15, 0.2) is 11.5 Å². The fraction of sp³-hybridized carbons (Fsp3) is 0.571. The topological polar surface area (TPSA) is 33.7 Å². The summed E-state index contributed by atoms with van der Waals surface area (Å²) in [4.78, 5) is 2.16. The van der Waals surface area contributed by atoms with Crippen molar-refractivity contribution in [1.29, 1.82) is 0 Å². The van der Waals surface area contributed by atoms with Gasteiger partial charge in [0.1, 0.15) is 6.67 Å². The second kappa shape index (κ2) is 10.1. The maximum Gasteiger partial charge on any atom is 0.161 e. The smallest absolute Gasteiger partial charge is 0.161 e. The number of hydrogen-bond acceptors (Lipinski definition) is 4. The molecule has 7 heteroatoms. The molecule has 122 valence electrons. The Labute approximate surface area is 137 Å². The van der Waals surface area contributed by atoms with E-state index >= 15 is 0 Å². The number of nitrogens with zero attached hydrogens (tertiary/aromatic N) is 1. The summed E-state index contributed by atoms with van der Waals surface area (Å²) in [5.41, 5.74) is 0.932. The number of hydrogen-bond donors (Lipinski definition) is 1. The Bertz CT molecular complexity index is 418. The highest BCUT2D eigenvalue weighted by Crippen LogP contribution is 2.32. The van der Waals surface area contributed by atoms with E-state index in [1.54, 1.807) is 14.2 Å². The van der Waals surface area contributed by atoms with Gasteiger partial charge in [-0.15, -0.1) is 24.8 Å². The lowest BCUT2D eigenvalue weighted by molar-refractivity contribution is 0.147. The van der Waals surface area contributed by atoms with Crippen LogP contribution in [0, 0.1) is 0 Å². The molecule has 2 rings (SSSR count). The monoisotopic (exact) mass is 340 g/mol. The van der Waals surface area contributed by atoms with Gasteiger partial charge >= 0.3 is 0 Å². The zero-order chi connectivity index (χ0) is 13.7. The van der Waals surface area contributed by atoms with Crippen LogP contribution in [0.4, 0.5) is 4.39 Å². The van der Waals surface area contributed by atoms with Gasteiger partial charge in [-0.1, -0.05) is 6.07 Å². The molecular weight excluding hydrogens is 318 g/mol. The molecule has 0 aromatic heterocycles. The number of alkyl halides is 1. The summed E-state index contributed by atoms with van der Waals surface area (Å²) in [5.74, 6) is 1.32. The van der Waals surface area contributed by atoms with E-state index in [0.717, 1.165) is 31.7 Å². The van der Waals surface area contributed by atoms with Crippen molar-refractivity contribution in [2.24, 2.45) is 0 Å². The van der Waals surface area contributed by atoms with Crippen LogP contribution >= 0.6 is 24.8 Å². The van der Waals surface area contributed by atoms with Gasteiger partial charge in [0.25, 0.3) is 0 Å². The molecule has 0 aliphatic carbocycles. The molecule has 0 radical (unpaired) electrons. The van der Waals surface area contributed by atoms with Crippen LogP contribution in [0.2, 0.25) is 0 Å². The van der Waals surface area contributed by atoms with Crippen molar-refractivity contribution in [2.75, 3.05) is 47.1 Å². The average molecular weight is 341 g/mol. The molecular formula is C14H23Cl2FN2O2. The quantitative estimate of drug-likeness (QED) is 0.892. The molecule has 1 fully saturated rings. The SMILES string of the molecule is COc1ccc([C@H](CF)N2CCNCC2)cc1OC.Cl.Cl. The minimum absolute atomic E-state index is 0. The molecule has 1 aromatic carbocycles. The summed E-state index contributed by atoms with van der Waals surface area (Å²) in [6.45, 7) is 3.15. The van der Waals surface area contributed by atoms with E-state index < -0.39 is 6.67 Å². The van der Waals surface area contributed by atoms with Gasteiger partial charge < -0.3 is 14.8 Å². The van der Waals surface area contributed by atoms with Crippen molar-refractivity contribution < 1.29 is 13.9 Å². The Morgan fingerprint density at radius 2 is 1.76 bits per heavy atom. The number of rotatable bonds is 5. The largest absolute Gasteiger partial charge is 0.493 e. The maximum atomic E-state index is 13.4. The van der Waals surface area contributed by atoms with Crippen LogP contribution in [0.3, 0.4) is 0 Å². The third-order valence-electron chi connectivity index (χ3n) is 3.53. The Morgan fingerprint density at radius 3 is 2.29 bits per heavy atom. The molecule has 1 atom stereocenters. The average Bonchev–Trinajstić information content (AvgIpc) is 2.49. The van der Waals surface area contributed by atoms with Gasteiger partial charge in [-0.2, -0.15) is 0 Å². The minimum atomic E-state index is -0.393. The molecule has 0 unspecified atom stereocenters. The van der Waals surface area contributed by atoms with Gasteiger partial charge in [-0.05, 0) is 17.7 Å². The molecule has 1 N–H and O–H groups in total. The van der Waals surface area contributed by atoms with Crippen molar-refractivity contribution in [1.82, 2.24) is 10.2 Å². The van der Waals surface area contributed by atoms with E-state index in [4.69, 9.17) is 9.47 Å². The fourth-order valence-corrected chi connectivity index (χ4v) is 2.45. The number of methoxy groups -OCH3 is 2. The predicted molar refractivity (Wildman–Crippen MR) is 87.2 cm³/mol. The molecule has 0 spiro atoms.